The van der Waals surface area contributed by atoms with Crippen LogP contribution in [-0.4, -0.2) is 33.6 Å². The van der Waals surface area contributed by atoms with Gasteiger partial charge in [-0.25, -0.2) is 0 Å². The van der Waals surface area contributed by atoms with Gasteiger partial charge in [-0.15, -0.1) is 5.10 Å². The van der Waals surface area contributed by atoms with E-state index in [0.717, 1.165) is 17.3 Å². The van der Waals surface area contributed by atoms with Gasteiger partial charge in [-0.1, -0.05) is 56.8 Å². The number of amides is 1. The average Bonchev–Trinajstić information content (AvgIpc) is 3.01. The summed E-state index contributed by atoms with van der Waals surface area (Å²) in [5.74, 6) is -0.0742. The number of hydrogen-bond donors (Lipinski definition) is 2. The number of para-hydroxylation sites is 1. The van der Waals surface area contributed by atoms with E-state index in [2.05, 4.69) is 36.3 Å². The molecule has 1 saturated heterocycles. The number of amidine groups is 1. The lowest BCUT2D eigenvalue weighted by atomic mass is 9.87. The highest BCUT2D eigenvalue weighted by molar-refractivity contribution is 8.15. The van der Waals surface area contributed by atoms with Gasteiger partial charge in [-0.3, -0.25) is 9.59 Å². The zero-order valence-electron chi connectivity index (χ0n) is 17.0. The van der Waals surface area contributed by atoms with Crippen LogP contribution in [0.3, 0.4) is 0 Å². The first-order chi connectivity index (χ1) is 14.2. The van der Waals surface area contributed by atoms with Crippen molar-refractivity contribution < 1.29 is 19.4 Å². The van der Waals surface area contributed by atoms with E-state index >= 15 is 0 Å². The lowest BCUT2D eigenvalue weighted by Crippen LogP contribution is -2.26. The number of nitrogens with zero attached hydrogens (tertiary/aromatic N) is 2. The molecule has 8 heteroatoms. The van der Waals surface area contributed by atoms with E-state index in [4.69, 9.17) is 9.84 Å². The summed E-state index contributed by atoms with van der Waals surface area (Å²) >= 11 is 1.06. The number of rotatable bonds is 6. The summed E-state index contributed by atoms with van der Waals surface area (Å²) in [7, 11) is 0. The predicted octanol–water partition coefficient (Wildman–Crippen LogP) is 4.17. The normalized spacial score (nSPS) is 18.0. The Bertz CT molecular complexity index is 994. The second-order valence-corrected chi connectivity index (χ2v) is 8.95. The zero-order chi connectivity index (χ0) is 21.7. The van der Waals surface area contributed by atoms with Gasteiger partial charge in [-0.05, 0) is 35.2 Å². The van der Waals surface area contributed by atoms with Gasteiger partial charge in [0.15, 0.2) is 5.17 Å². The Morgan fingerprint density at radius 3 is 2.57 bits per heavy atom. The van der Waals surface area contributed by atoms with Crippen molar-refractivity contribution in [3.05, 3.63) is 59.7 Å². The zero-order valence-corrected chi connectivity index (χ0v) is 17.8. The van der Waals surface area contributed by atoms with Crippen molar-refractivity contribution in [1.29, 1.82) is 0 Å². The summed E-state index contributed by atoms with van der Waals surface area (Å²) in [5, 5.41) is 19.0. The number of carbonyl (C=O) groups is 2. The number of carbonyl (C=O) groups excluding carboxylic acids is 1. The Labute approximate surface area is 179 Å². The molecule has 30 heavy (non-hydrogen) atoms. The first-order valence-electron chi connectivity index (χ1n) is 9.40. The fourth-order valence-electron chi connectivity index (χ4n) is 2.72. The molecule has 156 valence electrons. The molecule has 2 N–H and O–H groups in total. The van der Waals surface area contributed by atoms with Crippen LogP contribution in [-0.2, 0) is 15.0 Å². The van der Waals surface area contributed by atoms with Crippen LogP contribution in [0.2, 0.25) is 0 Å². The van der Waals surface area contributed by atoms with Crippen molar-refractivity contribution >= 4 is 35.0 Å². The van der Waals surface area contributed by atoms with Gasteiger partial charge in [0.2, 0.25) is 5.91 Å². The highest BCUT2D eigenvalue weighted by atomic mass is 32.2. The van der Waals surface area contributed by atoms with Gasteiger partial charge in [-0.2, -0.15) is 5.10 Å². The number of carboxylic acids is 1. The fraction of sp³-hybridized carbons (Fsp3) is 0.273. The third-order valence-corrected chi connectivity index (χ3v) is 5.42. The number of benzene rings is 2. The molecule has 1 heterocycles. The quantitative estimate of drug-likeness (QED) is 0.534. The van der Waals surface area contributed by atoms with Crippen LogP contribution >= 0.6 is 11.8 Å². The lowest BCUT2D eigenvalue weighted by Gasteiger charge is -2.19. The Morgan fingerprint density at radius 1 is 1.20 bits per heavy atom. The van der Waals surface area contributed by atoms with Crippen molar-refractivity contribution in [2.75, 3.05) is 0 Å². The lowest BCUT2D eigenvalue weighted by molar-refractivity contribution is -0.138. The molecule has 0 saturated carbocycles. The van der Waals surface area contributed by atoms with Gasteiger partial charge in [0, 0.05) is 5.56 Å². The van der Waals surface area contributed by atoms with Gasteiger partial charge in [0.25, 0.3) is 0 Å². The molecule has 1 aliphatic heterocycles. The summed E-state index contributed by atoms with van der Waals surface area (Å²) < 4.78 is 6.00. The first-order valence-corrected chi connectivity index (χ1v) is 10.3. The van der Waals surface area contributed by atoms with E-state index in [-0.39, 0.29) is 22.9 Å². The van der Waals surface area contributed by atoms with E-state index in [1.807, 2.05) is 48.5 Å². The molecule has 7 nitrogen and oxygen atoms in total. The van der Waals surface area contributed by atoms with E-state index in [9.17, 15) is 9.59 Å². The van der Waals surface area contributed by atoms with E-state index in [1.165, 1.54) is 11.8 Å². The molecule has 1 atom stereocenters. The number of ether oxygens (including phenoxy) is 1. The maximum Gasteiger partial charge on any atom is 0.305 e. The van der Waals surface area contributed by atoms with Crippen LogP contribution < -0.4 is 10.1 Å². The van der Waals surface area contributed by atoms with Crippen LogP contribution in [0, 0.1) is 0 Å². The van der Waals surface area contributed by atoms with Crippen molar-refractivity contribution in [2.45, 2.75) is 37.9 Å². The summed E-state index contributed by atoms with van der Waals surface area (Å²) in [6.07, 6.45) is 1.27. The van der Waals surface area contributed by atoms with E-state index in [0.29, 0.717) is 11.5 Å². The van der Waals surface area contributed by atoms with Crippen molar-refractivity contribution in [3.8, 4) is 11.5 Å². The summed E-state index contributed by atoms with van der Waals surface area (Å²) in [5.41, 5.74) is 2.01. The second-order valence-electron chi connectivity index (χ2n) is 7.76. The Hall–Kier alpha value is -3.13. The molecule has 1 amide bonds. The molecule has 0 aliphatic carbocycles. The van der Waals surface area contributed by atoms with Crippen LogP contribution in [0.4, 0.5) is 0 Å². The molecule has 1 fully saturated rings. The van der Waals surface area contributed by atoms with Crippen LogP contribution in [0.15, 0.2) is 58.7 Å². The Balaban J connectivity index is 1.70. The molecular weight excluding hydrogens is 402 g/mol. The highest BCUT2D eigenvalue weighted by Gasteiger charge is 2.32. The predicted molar refractivity (Wildman–Crippen MR) is 118 cm³/mol. The molecule has 0 aromatic heterocycles. The molecule has 0 radical (unpaired) electrons. The van der Waals surface area contributed by atoms with Gasteiger partial charge >= 0.3 is 5.97 Å². The molecule has 1 aliphatic rings. The van der Waals surface area contributed by atoms with E-state index < -0.39 is 11.2 Å². The second kappa shape index (κ2) is 9.13. The minimum atomic E-state index is -1.03. The molecule has 0 spiro atoms. The molecule has 3 rings (SSSR count). The average molecular weight is 426 g/mol. The monoisotopic (exact) mass is 425 g/mol. The largest absolute Gasteiger partial charge is 0.481 e. The molecule has 2 aromatic rings. The smallest absolute Gasteiger partial charge is 0.305 e. The van der Waals surface area contributed by atoms with Gasteiger partial charge in [0.05, 0.1) is 12.6 Å². The third kappa shape index (κ3) is 5.70. The molecule has 2 aromatic carbocycles. The summed E-state index contributed by atoms with van der Waals surface area (Å²) in [4.78, 5) is 22.5. The standard InChI is InChI=1S/C22H23N3O4S/c1-22(2,3)15-8-10-16(11-9-15)29-17-7-5-4-6-14(17)13-23-25-21-24-20(28)18(30-21)12-19(26)27/h4-11,13,18H,12H2,1-3H3,(H,26,27)(H,24,25,28). The third-order valence-electron chi connectivity index (χ3n) is 4.35. The number of carboxylic acid groups (broad SMARTS) is 1. The van der Waals surface area contributed by atoms with Crippen molar-refractivity contribution in [3.63, 3.8) is 0 Å². The number of nitrogens with one attached hydrogen (secondary N) is 1. The topological polar surface area (TPSA) is 100 Å². The first kappa shape index (κ1) is 21.6. The highest BCUT2D eigenvalue weighted by Crippen LogP contribution is 2.28. The minimum absolute atomic E-state index is 0.0689. The van der Waals surface area contributed by atoms with Crippen molar-refractivity contribution in [2.24, 2.45) is 10.2 Å². The summed E-state index contributed by atoms with van der Waals surface area (Å²) in [6.45, 7) is 6.47. The Kier molecular flexibility index (Phi) is 6.56. The van der Waals surface area contributed by atoms with Crippen LogP contribution in [0.1, 0.15) is 38.3 Å². The maximum absolute atomic E-state index is 11.7. The maximum atomic E-state index is 11.7. The Morgan fingerprint density at radius 2 is 1.90 bits per heavy atom. The molecule has 1 unspecified atom stereocenters. The minimum Gasteiger partial charge on any atom is -0.481 e. The van der Waals surface area contributed by atoms with Gasteiger partial charge in [0.1, 0.15) is 16.7 Å². The van der Waals surface area contributed by atoms with Crippen LogP contribution in [0.25, 0.3) is 0 Å². The SMILES string of the molecule is CC(C)(C)c1ccc(Oc2ccccc2C=NN=C2NC(=O)C(CC(=O)O)S2)cc1. The van der Waals surface area contributed by atoms with Gasteiger partial charge < -0.3 is 15.2 Å². The molecule has 0 bridgehead atoms. The number of aliphatic carboxylic acids is 1. The number of hydrogen-bond acceptors (Lipinski definition) is 6. The fourth-order valence-corrected chi connectivity index (χ4v) is 3.63. The van der Waals surface area contributed by atoms with Crippen molar-refractivity contribution in [1.82, 2.24) is 5.32 Å². The number of thioether (sulfide) groups is 1. The molecular formula is C22H23N3O4S. The van der Waals surface area contributed by atoms with Crippen LogP contribution in [0.5, 0.6) is 11.5 Å². The summed E-state index contributed by atoms with van der Waals surface area (Å²) in [6, 6.07) is 15.4. The van der Waals surface area contributed by atoms with E-state index in [1.54, 1.807) is 0 Å².